The van der Waals surface area contributed by atoms with Crippen LogP contribution >= 0.6 is 11.3 Å². The smallest absolute Gasteiger partial charge is 0.257 e. The monoisotopic (exact) mass is 519 g/mol. The quantitative estimate of drug-likeness (QED) is 0.240. The fraction of sp³-hybridized carbons (Fsp3) is 0.115. The summed E-state index contributed by atoms with van der Waals surface area (Å²) in [5.41, 5.74) is 4.00. The van der Waals surface area contributed by atoms with Crippen molar-refractivity contribution in [3.63, 3.8) is 0 Å². The van der Waals surface area contributed by atoms with Crippen LogP contribution in [0, 0.1) is 5.82 Å². The Balaban J connectivity index is 1.28. The molecule has 3 aromatic carbocycles. The van der Waals surface area contributed by atoms with E-state index in [0.29, 0.717) is 38.3 Å². The molecule has 0 spiro atoms. The van der Waals surface area contributed by atoms with E-state index in [4.69, 9.17) is 9.47 Å². The highest BCUT2D eigenvalue weighted by molar-refractivity contribution is 7.15. The van der Waals surface area contributed by atoms with Gasteiger partial charge in [0.2, 0.25) is 11.0 Å². The Morgan fingerprint density at radius 3 is 2.59 bits per heavy atom. The van der Waals surface area contributed by atoms with E-state index in [1.807, 2.05) is 6.07 Å². The van der Waals surface area contributed by atoms with Crippen molar-refractivity contribution in [2.45, 2.75) is 13.0 Å². The molecule has 0 unspecified atom stereocenters. The number of nitrogens with zero attached hydrogens (tertiary/aromatic N) is 3. The second kappa shape index (κ2) is 12.4. The van der Waals surface area contributed by atoms with Gasteiger partial charge in [0.15, 0.2) is 11.5 Å². The Labute approximate surface area is 216 Å². The van der Waals surface area contributed by atoms with Crippen molar-refractivity contribution in [1.82, 2.24) is 15.6 Å². The third kappa shape index (κ3) is 7.18. The molecule has 2 N–H and O–H groups in total. The molecule has 0 radical (unpaired) electrons. The number of hydrogen-bond acceptors (Lipinski definition) is 8. The van der Waals surface area contributed by atoms with Gasteiger partial charge in [0.1, 0.15) is 17.4 Å². The fourth-order valence-electron chi connectivity index (χ4n) is 3.14. The van der Waals surface area contributed by atoms with Crippen molar-refractivity contribution in [2.75, 3.05) is 12.4 Å². The van der Waals surface area contributed by atoms with Crippen molar-refractivity contribution < 1.29 is 23.5 Å². The van der Waals surface area contributed by atoms with E-state index >= 15 is 0 Å². The summed E-state index contributed by atoms with van der Waals surface area (Å²) in [5.74, 6) is -0.173. The standard InChI is InChI=1S/C26H22FN5O4S/c1-35-22-13-17(11-12-21(22)36-16-19-9-5-6-10-20(19)27)15-28-30-23(33)14-24-31-32-26(37-24)29-25(34)18-7-3-2-4-8-18/h2-13,15H,14,16H2,1H3,(H,30,33)(H,29,32,34)/b28-15-. The van der Waals surface area contributed by atoms with E-state index in [1.54, 1.807) is 60.7 Å². The predicted molar refractivity (Wildman–Crippen MR) is 137 cm³/mol. The molecule has 0 bridgehead atoms. The first-order chi connectivity index (χ1) is 18.0. The van der Waals surface area contributed by atoms with Gasteiger partial charge in [0.25, 0.3) is 5.91 Å². The molecule has 4 aromatic rings. The summed E-state index contributed by atoms with van der Waals surface area (Å²) in [6, 6.07) is 20.2. The highest BCUT2D eigenvalue weighted by atomic mass is 32.1. The first-order valence-corrected chi connectivity index (χ1v) is 11.9. The number of nitrogens with one attached hydrogen (secondary N) is 2. The van der Waals surface area contributed by atoms with Gasteiger partial charge in [-0.1, -0.05) is 47.7 Å². The minimum Gasteiger partial charge on any atom is -0.493 e. The number of rotatable bonds is 10. The maximum atomic E-state index is 13.8. The number of ether oxygens (including phenoxy) is 2. The number of methoxy groups -OCH3 is 1. The predicted octanol–water partition coefficient (Wildman–Crippen LogP) is 4.21. The van der Waals surface area contributed by atoms with Crippen LogP contribution in [0.25, 0.3) is 0 Å². The van der Waals surface area contributed by atoms with E-state index in [2.05, 4.69) is 26.0 Å². The maximum Gasteiger partial charge on any atom is 0.257 e. The van der Waals surface area contributed by atoms with Crippen molar-refractivity contribution in [3.8, 4) is 11.5 Å². The first-order valence-electron chi connectivity index (χ1n) is 11.1. The van der Waals surface area contributed by atoms with Crippen LogP contribution in [0.1, 0.15) is 26.5 Å². The molecule has 1 aromatic heterocycles. The second-order valence-electron chi connectivity index (χ2n) is 7.58. The maximum absolute atomic E-state index is 13.8. The molecule has 0 saturated heterocycles. The Kier molecular flexibility index (Phi) is 8.50. The van der Waals surface area contributed by atoms with Crippen LogP contribution in [0.2, 0.25) is 0 Å². The Hall–Kier alpha value is -4.64. The van der Waals surface area contributed by atoms with Crippen LogP contribution in [0.4, 0.5) is 9.52 Å². The lowest BCUT2D eigenvalue weighted by Gasteiger charge is -2.11. The summed E-state index contributed by atoms with van der Waals surface area (Å²) in [5, 5.41) is 15.2. The van der Waals surface area contributed by atoms with Crippen LogP contribution in [0.15, 0.2) is 77.9 Å². The number of carbonyl (C=O) groups is 2. The Bertz CT molecular complexity index is 1410. The molecule has 0 fully saturated rings. The zero-order chi connectivity index (χ0) is 26.0. The summed E-state index contributed by atoms with van der Waals surface area (Å²) >= 11 is 1.10. The van der Waals surface area contributed by atoms with E-state index in [0.717, 1.165) is 11.3 Å². The van der Waals surface area contributed by atoms with Crippen LogP contribution in [0.3, 0.4) is 0 Å². The summed E-state index contributed by atoms with van der Waals surface area (Å²) in [4.78, 5) is 24.4. The topological polar surface area (TPSA) is 115 Å². The number of anilines is 1. The van der Waals surface area contributed by atoms with Gasteiger partial charge in [-0.05, 0) is 42.0 Å². The minimum absolute atomic E-state index is 0.0514. The molecule has 4 rings (SSSR count). The van der Waals surface area contributed by atoms with Gasteiger partial charge in [-0.2, -0.15) is 5.10 Å². The van der Waals surface area contributed by atoms with Crippen molar-refractivity contribution in [3.05, 3.63) is 100 Å². The third-order valence-electron chi connectivity index (χ3n) is 4.97. The highest BCUT2D eigenvalue weighted by Crippen LogP contribution is 2.28. The molecule has 2 amide bonds. The highest BCUT2D eigenvalue weighted by Gasteiger charge is 2.12. The zero-order valence-electron chi connectivity index (χ0n) is 19.7. The van der Waals surface area contributed by atoms with Crippen molar-refractivity contribution >= 4 is 34.5 Å². The van der Waals surface area contributed by atoms with Gasteiger partial charge in [0, 0.05) is 11.1 Å². The molecule has 188 valence electrons. The molecule has 1 heterocycles. The number of halogens is 1. The Morgan fingerprint density at radius 2 is 1.81 bits per heavy atom. The molecule has 0 aliphatic carbocycles. The normalized spacial score (nSPS) is 10.8. The van der Waals surface area contributed by atoms with E-state index < -0.39 is 5.91 Å². The van der Waals surface area contributed by atoms with Crippen LogP contribution in [-0.4, -0.2) is 35.3 Å². The second-order valence-corrected chi connectivity index (χ2v) is 8.64. The molecule has 37 heavy (non-hydrogen) atoms. The molecule has 0 saturated carbocycles. The largest absolute Gasteiger partial charge is 0.493 e. The fourth-order valence-corrected chi connectivity index (χ4v) is 3.88. The molecule has 0 atom stereocenters. The third-order valence-corrected chi connectivity index (χ3v) is 5.81. The minimum atomic E-state index is -0.398. The molecule has 0 aliphatic heterocycles. The lowest BCUT2D eigenvalue weighted by Crippen LogP contribution is -2.19. The Morgan fingerprint density at radius 1 is 1.03 bits per heavy atom. The summed E-state index contributed by atoms with van der Waals surface area (Å²) < 4.78 is 24.9. The van der Waals surface area contributed by atoms with Gasteiger partial charge in [-0.25, -0.2) is 9.82 Å². The lowest BCUT2D eigenvalue weighted by molar-refractivity contribution is -0.120. The SMILES string of the molecule is COc1cc(/C=N\NC(=O)Cc2nnc(NC(=O)c3ccccc3)s2)ccc1OCc1ccccc1F. The molecule has 9 nitrogen and oxygen atoms in total. The molecule has 0 aliphatic rings. The summed E-state index contributed by atoms with van der Waals surface area (Å²) in [7, 11) is 1.49. The number of hydrogen-bond donors (Lipinski definition) is 2. The van der Waals surface area contributed by atoms with Gasteiger partial charge >= 0.3 is 0 Å². The number of carbonyl (C=O) groups excluding carboxylic acids is 2. The zero-order valence-corrected chi connectivity index (χ0v) is 20.5. The van der Waals surface area contributed by atoms with E-state index in [-0.39, 0.29) is 24.8 Å². The number of amides is 2. The average molecular weight is 520 g/mol. The van der Waals surface area contributed by atoms with Gasteiger partial charge < -0.3 is 9.47 Å². The summed E-state index contributed by atoms with van der Waals surface area (Å²) in [6.45, 7) is 0.0514. The van der Waals surface area contributed by atoms with Crippen LogP contribution in [0.5, 0.6) is 11.5 Å². The van der Waals surface area contributed by atoms with Crippen LogP contribution < -0.4 is 20.2 Å². The van der Waals surface area contributed by atoms with E-state index in [1.165, 1.54) is 19.4 Å². The lowest BCUT2D eigenvalue weighted by atomic mass is 10.2. The molecular weight excluding hydrogens is 497 g/mol. The van der Waals surface area contributed by atoms with Crippen molar-refractivity contribution in [1.29, 1.82) is 0 Å². The number of hydrazone groups is 1. The van der Waals surface area contributed by atoms with Crippen molar-refractivity contribution in [2.24, 2.45) is 5.10 Å². The summed E-state index contributed by atoms with van der Waals surface area (Å²) in [6.07, 6.45) is 1.40. The average Bonchev–Trinajstić information content (AvgIpc) is 3.35. The van der Waals surface area contributed by atoms with Gasteiger partial charge in [-0.3, -0.25) is 14.9 Å². The number of aromatic nitrogens is 2. The van der Waals surface area contributed by atoms with Gasteiger partial charge in [0.05, 0.1) is 19.7 Å². The van der Waals surface area contributed by atoms with E-state index in [9.17, 15) is 14.0 Å². The molecular formula is C26H22FN5O4S. The van der Waals surface area contributed by atoms with Gasteiger partial charge in [-0.15, -0.1) is 10.2 Å². The first kappa shape index (κ1) is 25.5. The molecule has 11 heteroatoms. The van der Waals surface area contributed by atoms with Crippen LogP contribution in [-0.2, 0) is 17.8 Å². The number of benzene rings is 3.